The number of ether oxygens (including phenoxy) is 2. The van der Waals surface area contributed by atoms with Crippen molar-refractivity contribution in [2.24, 2.45) is 0 Å². The van der Waals surface area contributed by atoms with Crippen LogP contribution < -0.4 is 14.8 Å². The molecule has 0 atom stereocenters. The van der Waals surface area contributed by atoms with Crippen LogP contribution in [0.1, 0.15) is 16.7 Å². The smallest absolute Gasteiger partial charge is 0.145 e. The third kappa shape index (κ3) is 3.23. The zero-order valence-corrected chi connectivity index (χ0v) is 12.5. The normalized spacial score (nSPS) is 10.2. The quantitative estimate of drug-likeness (QED) is 0.893. The summed E-state index contributed by atoms with van der Waals surface area (Å²) >= 11 is 0. The van der Waals surface area contributed by atoms with Crippen LogP contribution in [0.15, 0.2) is 36.4 Å². The van der Waals surface area contributed by atoms with Gasteiger partial charge in [0.05, 0.1) is 19.9 Å². The first kappa shape index (κ1) is 14.3. The van der Waals surface area contributed by atoms with Gasteiger partial charge in [-0.15, -0.1) is 0 Å². The van der Waals surface area contributed by atoms with E-state index in [1.54, 1.807) is 14.2 Å². The van der Waals surface area contributed by atoms with E-state index in [0.29, 0.717) is 0 Å². The van der Waals surface area contributed by atoms with Crippen LogP contribution >= 0.6 is 0 Å². The first-order valence-electron chi connectivity index (χ1n) is 6.66. The van der Waals surface area contributed by atoms with E-state index >= 15 is 0 Å². The highest BCUT2D eigenvalue weighted by Crippen LogP contribution is 2.29. The lowest BCUT2D eigenvalue weighted by molar-refractivity contribution is 0.395. The van der Waals surface area contributed by atoms with Crippen molar-refractivity contribution in [1.29, 1.82) is 0 Å². The maximum absolute atomic E-state index is 5.38. The molecule has 0 aromatic heterocycles. The number of nitrogens with one attached hydrogen (secondary N) is 1. The Labute approximate surface area is 120 Å². The van der Waals surface area contributed by atoms with Crippen molar-refractivity contribution in [2.45, 2.75) is 20.4 Å². The Bertz CT molecular complexity index is 594. The van der Waals surface area contributed by atoms with Gasteiger partial charge in [0.15, 0.2) is 0 Å². The predicted molar refractivity (Wildman–Crippen MR) is 82.8 cm³/mol. The summed E-state index contributed by atoms with van der Waals surface area (Å²) in [7, 11) is 3.31. The molecule has 0 heterocycles. The van der Waals surface area contributed by atoms with Gasteiger partial charge in [-0.3, -0.25) is 0 Å². The standard InChI is InChI=1S/C17H21NO2/c1-12-5-6-14(9-13(12)2)11-18-16-8-7-15(19-3)10-17(16)20-4/h5-10,18H,11H2,1-4H3. The van der Waals surface area contributed by atoms with Gasteiger partial charge in [-0.1, -0.05) is 18.2 Å². The first-order chi connectivity index (χ1) is 9.63. The number of methoxy groups -OCH3 is 2. The fourth-order valence-corrected chi connectivity index (χ4v) is 2.06. The molecule has 0 spiro atoms. The van der Waals surface area contributed by atoms with Gasteiger partial charge in [0, 0.05) is 12.6 Å². The average molecular weight is 271 g/mol. The summed E-state index contributed by atoms with van der Waals surface area (Å²) in [5, 5.41) is 3.40. The molecule has 106 valence electrons. The van der Waals surface area contributed by atoms with E-state index < -0.39 is 0 Å². The molecule has 2 aromatic rings. The molecular formula is C17H21NO2. The molecule has 0 aliphatic heterocycles. The second-order valence-electron chi connectivity index (χ2n) is 4.84. The fraction of sp³-hybridized carbons (Fsp3) is 0.294. The van der Waals surface area contributed by atoms with Gasteiger partial charge in [-0.2, -0.15) is 0 Å². The van der Waals surface area contributed by atoms with Crippen molar-refractivity contribution >= 4 is 5.69 Å². The van der Waals surface area contributed by atoms with Crippen LogP contribution in [0.5, 0.6) is 11.5 Å². The van der Waals surface area contributed by atoms with Crippen molar-refractivity contribution in [3.8, 4) is 11.5 Å². The van der Waals surface area contributed by atoms with Crippen LogP contribution in [0.4, 0.5) is 5.69 Å². The Morgan fingerprint density at radius 1 is 0.900 bits per heavy atom. The number of rotatable bonds is 5. The molecule has 2 rings (SSSR count). The average Bonchev–Trinajstić information content (AvgIpc) is 2.48. The van der Waals surface area contributed by atoms with E-state index in [1.807, 2.05) is 18.2 Å². The van der Waals surface area contributed by atoms with Gasteiger partial charge < -0.3 is 14.8 Å². The largest absolute Gasteiger partial charge is 0.497 e. The molecule has 3 nitrogen and oxygen atoms in total. The molecule has 0 saturated carbocycles. The Kier molecular flexibility index (Phi) is 4.51. The molecule has 0 saturated heterocycles. The van der Waals surface area contributed by atoms with Crippen LogP contribution in [-0.2, 0) is 6.54 Å². The van der Waals surface area contributed by atoms with Crippen LogP contribution in [0.25, 0.3) is 0 Å². The highest BCUT2D eigenvalue weighted by Gasteiger charge is 2.05. The molecule has 0 aliphatic rings. The summed E-state index contributed by atoms with van der Waals surface area (Å²) < 4.78 is 10.6. The minimum atomic E-state index is 0.768. The van der Waals surface area contributed by atoms with Crippen LogP contribution in [-0.4, -0.2) is 14.2 Å². The van der Waals surface area contributed by atoms with Gasteiger partial charge in [0.1, 0.15) is 11.5 Å². The summed E-state index contributed by atoms with van der Waals surface area (Å²) in [4.78, 5) is 0. The number of hydrogen-bond donors (Lipinski definition) is 1. The monoisotopic (exact) mass is 271 g/mol. The first-order valence-corrected chi connectivity index (χ1v) is 6.66. The van der Waals surface area contributed by atoms with E-state index in [1.165, 1.54) is 16.7 Å². The van der Waals surface area contributed by atoms with E-state index in [0.717, 1.165) is 23.7 Å². The molecule has 0 amide bonds. The van der Waals surface area contributed by atoms with Gasteiger partial charge in [-0.25, -0.2) is 0 Å². The Morgan fingerprint density at radius 2 is 1.70 bits per heavy atom. The molecule has 0 fully saturated rings. The van der Waals surface area contributed by atoms with Gasteiger partial charge >= 0.3 is 0 Å². The zero-order valence-electron chi connectivity index (χ0n) is 12.5. The fourth-order valence-electron chi connectivity index (χ4n) is 2.06. The Morgan fingerprint density at radius 3 is 2.35 bits per heavy atom. The molecule has 20 heavy (non-hydrogen) atoms. The highest BCUT2D eigenvalue weighted by atomic mass is 16.5. The summed E-state index contributed by atoms with van der Waals surface area (Å²) in [6.07, 6.45) is 0. The minimum Gasteiger partial charge on any atom is -0.497 e. The van der Waals surface area contributed by atoms with Gasteiger partial charge in [-0.05, 0) is 42.7 Å². The van der Waals surface area contributed by atoms with Crippen molar-refractivity contribution in [2.75, 3.05) is 19.5 Å². The predicted octanol–water partition coefficient (Wildman–Crippen LogP) is 3.93. The van der Waals surface area contributed by atoms with Crippen LogP contribution in [0.3, 0.4) is 0 Å². The Hall–Kier alpha value is -2.16. The molecule has 0 bridgehead atoms. The summed E-state index contributed by atoms with van der Waals surface area (Å²) in [5.74, 6) is 1.58. The molecule has 0 radical (unpaired) electrons. The van der Waals surface area contributed by atoms with E-state index in [-0.39, 0.29) is 0 Å². The second kappa shape index (κ2) is 6.33. The number of aryl methyl sites for hydroxylation is 2. The Balaban J connectivity index is 2.12. The second-order valence-corrected chi connectivity index (χ2v) is 4.84. The lowest BCUT2D eigenvalue weighted by atomic mass is 10.1. The van der Waals surface area contributed by atoms with Gasteiger partial charge in [0.25, 0.3) is 0 Å². The van der Waals surface area contributed by atoms with E-state index in [2.05, 4.69) is 37.4 Å². The lowest BCUT2D eigenvalue weighted by Gasteiger charge is -2.13. The van der Waals surface area contributed by atoms with Crippen LogP contribution in [0, 0.1) is 13.8 Å². The topological polar surface area (TPSA) is 30.5 Å². The summed E-state index contributed by atoms with van der Waals surface area (Å²) in [5.41, 5.74) is 4.85. The number of anilines is 1. The molecular weight excluding hydrogens is 250 g/mol. The van der Waals surface area contributed by atoms with E-state index in [4.69, 9.17) is 9.47 Å². The minimum absolute atomic E-state index is 0.768. The van der Waals surface area contributed by atoms with E-state index in [9.17, 15) is 0 Å². The molecule has 2 aromatic carbocycles. The third-order valence-electron chi connectivity index (χ3n) is 3.46. The molecule has 3 heteroatoms. The zero-order chi connectivity index (χ0) is 14.5. The van der Waals surface area contributed by atoms with Crippen molar-refractivity contribution in [3.63, 3.8) is 0 Å². The highest BCUT2D eigenvalue weighted by molar-refractivity contribution is 5.59. The van der Waals surface area contributed by atoms with Crippen molar-refractivity contribution in [3.05, 3.63) is 53.1 Å². The van der Waals surface area contributed by atoms with Crippen molar-refractivity contribution < 1.29 is 9.47 Å². The number of benzene rings is 2. The molecule has 0 unspecified atom stereocenters. The lowest BCUT2D eigenvalue weighted by Crippen LogP contribution is -2.02. The SMILES string of the molecule is COc1ccc(NCc2ccc(C)c(C)c2)c(OC)c1. The molecule has 0 aliphatic carbocycles. The summed E-state index contributed by atoms with van der Waals surface area (Å²) in [6, 6.07) is 12.3. The van der Waals surface area contributed by atoms with Crippen molar-refractivity contribution in [1.82, 2.24) is 0 Å². The number of hydrogen-bond acceptors (Lipinski definition) is 3. The maximum Gasteiger partial charge on any atom is 0.145 e. The van der Waals surface area contributed by atoms with Gasteiger partial charge in [0.2, 0.25) is 0 Å². The molecule has 1 N–H and O–H groups in total. The summed E-state index contributed by atoms with van der Waals surface area (Å²) in [6.45, 7) is 5.02. The van der Waals surface area contributed by atoms with Crippen LogP contribution in [0.2, 0.25) is 0 Å². The third-order valence-corrected chi connectivity index (χ3v) is 3.46. The maximum atomic E-state index is 5.38.